The Morgan fingerprint density at radius 2 is 1.06 bits per heavy atom. The monoisotopic (exact) mass is 663 g/mol. The van der Waals surface area contributed by atoms with Gasteiger partial charge in [-0.1, -0.05) is 141 Å². The van der Waals surface area contributed by atoms with E-state index in [4.69, 9.17) is 0 Å². The average Bonchev–Trinajstić information content (AvgIpc) is 3.65. The zero-order valence-electron chi connectivity index (χ0n) is 29.4. The smallest absolute Gasteiger partial charge is 0.0538 e. The molecule has 0 saturated carbocycles. The molecule has 2 aliphatic carbocycles. The van der Waals surface area contributed by atoms with Crippen molar-refractivity contribution in [3.63, 3.8) is 0 Å². The van der Waals surface area contributed by atoms with E-state index in [1.807, 2.05) is 0 Å². The highest BCUT2D eigenvalue weighted by Gasteiger charge is 2.35. The lowest BCUT2D eigenvalue weighted by molar-refractivity contribution is 0.660. The minimum atomic E-state index is 0.0129. The summed E-state index contributed by atoms with van der Waals surface area (Å²) in [6.45, 7) is 4.70. The first kappa shape index (κ1) is 29.5. The highest BCUT2D eigenvalue weighted by atomic mass is 15.0. The SMILES string of the molecule is CC1(C)c2ccccc2-c2cc(-c3ccc4c(c3)c3c(n4-c4cccc(-c5ccc6c7ccccc7c7ccccc7c6c5)c4)CCC=C3)ccc21. The van der Waals surface area contributed by atoms with Crippen molar-refractivity contribution in [2.45, 2.75) is 32.1 Å². The minimum absolute atomic E-state index is 0.0129. The third-order valence-electron chi connectivity index (χ3n) is 12.0. The van der Waals surface area contributed by atoms with Crippen LogP contribution in [0.15, 0.2) is 158 Å². The van der Waals surface area contributed by atoms with Crippen LogP contribution in [0.2, 0.25) is 0 Å². The van der Waals surface area contributed by atoms with Crippen molar-refractivity contribution in [2.75, 3.05) is 0 Å². The van der Waals surface area contributed by atoms with Gasteiger partial charge >= 0.3 is 0 Å². The Morgan fingerprint density at radius 1 is 0.462 bits per heavy atom. The van der Waals surface area contributed by atoms with Gasteiger partial charge in [0.15, 0.2) is 0 Å². The predicted octanol–water partition coefficient (Wildman–Crippen LogP) is 13.7. The predicted molar refractivity (Wildman–Crippen MR) is 222 cm³/mol. The third kappa shape index (κ3) is 4.17. The maximum absolute atomic E-state index is 2.52. The molecule has 0 aliphatic heterocycles. The summed E-state index contributed by atoms with van der Waals surface area (Å²) in [5, 5.41) is 9.16. The summed E-state index contributed by atoms with van der Waals surface area (Å²) in [6, 6.07) is 56.9. The highest BCUT2D eigenvalue weighted by molar-refractivity contribution is 6.25. The fraction of sp³-hybridized carbons (Fsp3) is 0.0980. The van der Waals surface area contributed by atoms with Crippen molar-refractivity contribution < 1.29 is 0 Å². The lowest BCUT2D eigenvalue weighted by Gasteiger charge is -2.21. The number of rotatable bonds is 3. The minimum Gasteiger partial charge on any atom is -0.313 e. The van der Waals surface area contributed by atoms with Gasteiger partial charge in [0.25, 0.3) is 0 Å². The van der Waals surface area contributed by atoms with Gasteiger partial charge in [0.05, 0.1) is 5.52 Å². The molecule has 0 atom stereocenters. The summed E-state index contributed by atoms with van der Waals surface area (Å²) < 4.78 is 2.52. The Labute approximate surface area is 304 Å². The summed E-state index contributed by atoms with van der Waals surface area (Å²) in [7, 11) is 0. The Balaban J connectivity index is 1.05. The van der Waals surface area contributed by atoms with E-state index in [2.05, 4.69) is 182 Å². The molecule has 0 bridgehead atoms. The molecular weight excluding hydrogens is 627 g/mol. The van der Waals surface area contributed by atoms with Crippen LogP contribution in [0.5, 0.6) is 0 Å². The van der Waals surface area contributed by atoms with Crippen LogP contribution in [0.4, 0.5) is 0 Å². The number of hydrogen-bond acceptors (Lipinski definition) is 0. The van der Waals surface area contributed by atoms with Crippen molar-refractivity contribution in [3.8, 4) is 39.1 Å². The number of aromatic nitrogens is 1. The molecule has 0 fully saturated rings. The van der Waals surface area contributed by atoms with Gasteiger partial charge in [-0.3, -0.25) is 0 Å². The molecule has 0 unspecified atom stereocenters. The van der Waals surface area contributed by atoms with Crippen molar-refractivity contribution in [1.82, 2.24) is 4.57 Å². The average molecular weight is 664 g/mol. The Morgan fingerprint density at radius 3 is 1.85 bits per heavy atom. The van der Waals surface area contributed by atoms with Gasteiger partial charge in [-0.25, -0.2) is 0 Å². The first-order chi connectivity index (χ1) is 25.5. The quantitative estimate of drug-likeness (QED) is 0.166. The maximum atomic E-state index is 2.52. The van der Waals surface area contributed by atoms with Gasteiger partial charge in [0, 0.05) is 27.7 Å². The molecule has 1 heteroatoms. The molecule has 0 N–H and O–H groups in total. The Hall–Kier alpha value is -6.18. The second-order valence-electron chi connectivity index (χ2n) is 15.2. The summed E-state index contributed by atoms with van der Waals surface area (Å²) in [4.78, 5) is 0. The van der Waals surface area contributed by atoms with Gasteiger partial charge in [-0.05, 0) is 126 Å². The Bertz CT molecular complexity index is 2950. The molecule has 246 valence electrons. The first-order valence-corrected chi connectivity index (χ1v) is 18.6. The van der Waals surface area contributed by atoms with Crippen molar-refractivity contribution in [1.29, 1.82) is 0 Å². The third-order valence-corrected chi connectivity index (χ3v) is 12.0. The zero-order valence-corrected chi connectivity index (χ0v) is 29.4. The second kappa shape index (κ2) is 10.9. The fourth-order valence-corrected chi connectivity index (χ4v) is 9.51. The van der Waals surface area contributed by atoms with E-state index in [0.29, 0.717) is 0 Å². The van der Waals surface area contributed by atoms with Crippen LogP contribution in [0, 0.1) is 0 Å². The van der Waals surface area contributed by atoms with E-state index < -0.39 is 0 Å². The largest absolute Gasteiger partial charge is 0.313 e. The van der Waals surface area contributed by atoms with Crippen molar-refractivity contribution in [2.24, 2.45) is 0 Å². The number of benzene rings is 8. The fourth-order valence-electron chi connectivity index (χ4n) is 9.51. The van der Waals surface area contributed by atoms with Gasteiger partial charge in [0.1, 0.15) is 0 Å². The normalized spacial score (nSPS) is 14.3. The first-order valence-electron chi connectivity index (χ1n) is 18.6. The van der Waals surface area contributed by atoms with Crippen LogP contribution in [0.25, 0.3) is 88.4 Å². The van der Waals surface area contributed by atoms with Crippen molar-refractivity contribution >= 4 is 49.3 Å². The van der Waals surface area contributed by atoms with Gasteiger partial charge < -0.3 is 4.57 Å². The molecule has 11 rings (SSSR count). The van der Waals surface area contributed by atoms with Crippen LogP contribution in [0.3, 0.4) is 0 Å². The van der Waals surface area contributed by atoms with E-state index >= 15 is 0 Å². The number of nitrogens with zero attached hydrogens (tertiary/aromatic N) is 1. The van der Waals surface area contributed by atoms with Crippen LogP contribution in [-0.4, -0.2) is 4.57 Å². The second-order valence-corrected chi connectivity index (χ2v) is 15.2. The van der Waals surface area contributed by atoms with Gasteiger partial charge in [-0.15, -0.1) is 0 Å². The van der Waals surface area contributed by atoms with E-state index in [1.165, 1.54) is 105 Å². The molecule has 0 spiro atoms. The summed E-state index contributed by atoms with van der Waals surface area (Å²) in [5.74, 6) is 0. The standard InChI is InChI=1S/C51H37N/c1-51(2)47-20-9-7-18-42(47)45-30-34(23-26-48(45)51)35-24-27-50-46(31-35)43-19-8-10-21-49(43)52(50)36-13-11-12-32(28-36)33-22-25-41-39-16-4-3-14-37(39)38-15-5-6-17-40(38)44(41)29-33/h3-9,11-20,22-31H,10,21H2,1-2H3. The molecule has 52 heavy (non-hydrogen) atoms. The molecule has 9 aromatic rings. The van der Waals surface area contributed by atoms with Crippen molar-refractivity contribution in [3.05, 3.63) is 180 Å². The van der Waals surface area contributed by atoms with E-state index in [9.17, 15) is 0 Å². The molecule has 8 aromatic carbocycles. The highest BCUT2D eigenvalue weighted by Crippen LogP contribution is 2.50. The van der Waals surface area contributed by atoms with Crippen LogP contribution in [0.1, 0.15) is 42.7 Å². The number of hydrogen-bond donors (Lipinski definition) is 0. The summed E-state index contributed by atoms with van der Waals surface area (Å²) in [6.07, 6.45) is 6.78. The zero-order chi connectivity index (χ0) is 34.6. The molecule has 1 aromatic heterocycles. The molecule has 2 aliphatic rings. The maximum Gasteiger partial charge on any atom is 0.0538 e. The molecule has 0 saturated heterocycles. The molecule has 1 nitrogen and oxygen atoms in total. The molecular formula is C51H37N. The van der Waals surface area contributed by atoms with E-state index in [-0.39, 0.29) is 5.41 Å². The van der Waals surface area contributed by atoms with Crippen LogP contribution in [-0.2, 0) is 11.8 Å². The molecule has 0 radical (unpaired) electrons. The lowest BCUT2D eigenvalue weighted by atomic mass is 9.82. The van der Waals surface area contributed by atoms with Gasteiger partial charge in [-0.2, -0.15) is 0 Å². The van der Waals surface area contributed by atoms with Crippen LogP contribution >= 0.6 is 0 Å². The lowest BCUT2D eigenvalue weighted by Crippen LogP contribution is -2.14. The van der Waals surface area contributed by atoms with Gasteiger partial charge in [0.2, 0.25) is 0 Å². The number of allylic oxidation sites excluding steroid dienone is 1. The van der Waals surface area contributed by atoms with E-state index in [0.717, 1.165) is 12.8 Å². The molecule has 1 heterocycles. The topological polar surface area (TPSA) is 4.93 Å². The molecule has 0 amide bonds. The summed E-state index contributed by atoms with van der Waals surface area (Å²) in [5.41, 5.74) is 15.8. The van der Waals surface area contributed by atoms with Crippen LogP contribution < -0.4 is 0 Å². The van der Waals surface area contributed by atoms with E-state index in [1.54, 1.807) is 0 Å². The summed E-state index contributed by atoms with van der Waals surface area (Å²) >= 11 is 0. The Kier molecular flexibility index (Phi) is 6.20. The number of fused-ring (bicyclic) bond motifs is 12.